The van der Waals surface area contributed by atoms with Gasteiger partial charge in [0.2, 0.25) is 0 Å². The van der Waals surface area contributed by atoms with E-state index in [4.69, 9.17) is 34.8 Å². The van der Waals surface area contributed by atoms with Crippen molar-refractivity contribution in [1.82, 2.24) is 9.55 Å². The fraction of sp³-hybridized carbons (Fsp3) is 0.0714. The maximum Gasteiger partial charge on any atom is 0.129 e. The molecular weight excluding hydrogens is 303 g/mol. The Labute approximate surface area is 125 Å². The van der Waals surface area contributed by atoms with Gasteiger partial charge in [-0.2, -0.15) is 0 Å². The highest BCUT2D eigenvalue weighted by atomic mass is 35.5. The van der Waals surface area contributed by atoms with Gasteiger partial charge in [0.25, 0.3) is 0 Å². The molecule has 0 fully saturated rings. The zero-order chi connectivity index (χ0) is 13.4. The first-order valence-electron chi connectivity index (χ1n) is 5.68. The van der Waals surface area contributed by atoms with Gasteiger partial charge in [-0.15, -0.1) is 11.6 Å². The van der Waals surface area contributed by atoms with Gasteiger partial charge in [-0.3, -0.25) is 4.57 Å². The Hall–Kier alpha value is -1.22. The molecule has 1 aromatic heterocycles. The lowest BCUT2D eigenvalue weighted by molar-refractivity contribution is 0.982. The lowest BCUT2D eigenvalue weighted by atomic mass is 10.2. The molecule has 0 unspecified atom stereocenters. The van der Waals surface area contributed by atoms with E-state index in [9.17, 15) is 0 Å². The summed E-state index contributed by atoms with van der Waals surface area (Å²) in [5.41, 5.74) is 2.74. The molecule has 0 atom stereocenters. The van der Waals surface area contributed by atoms with Crippen LogP contribution < -0.4 is 0 Å². The molecule has 0 aliphatic carbocycles. The monoisotopic (exact) mass is 310 g/mol. The number of fused-ring (bicyclic) bond motifs is 1. The number of alkyl halides is 1. The van der Waals surface area contributed by atoms with Gasteiger partial charge in [0.15, 0.2) is 0 Å². The standard InChI is InChI=1S/C14H9Cl3N2/c15-8-14-18-12-3-1-2-4-13(12)19(14)11-6-9(16)5-10(17)7-11/h1-7H,8H2. The number of hydrogen-bond acceptors (Lipinski definition) is 1. The highest BCUT2D eigenvalue weighted by molar-refractivity contribution is 6.34. The van der Waals surface area contributed by atoms with Crippen molar-refractivity contribution >= 4 is 45.8 Å². The molecule has 0 amide bonds. The molecule has 2 nitrogen and oxygen atoms in total. The van der Waals surface area contributed by atoms with E-state index in [2.05, 4.69) is 4.98 Å². The summed E-state index contributed by atoms with van der Waals surface area (Å²) in [7, 11) is 0. The number of benzene rings is 2. The molecule has 1 heterocycles. The lowest BCUT2D eigenvalue weighted by Crippen LogP contribution is -1.99. The Kier molecular flexibility index (Phi) is 3.40. The van der Waals surface area contributed by atoms with E-state index < -0.39 is 0 Å². The van der Waals surface area contributed by atoms with Crippen molar-refractivity contribution in [1.29, 1.82) is 0 Å². The number of halogens is 3. The molecule has 0 saturated carbocycles. The van der Waals surface area contributed by atoms with Gasteiger partial charge in [0, 0.05) is 10.0 Å². The minimum Gasteiger partial charge on any atom is -0.295 e. The fourth-order valence-corrected chi connectivity index (χ4v) is 2.82. The molecule has 3 rings (SSSR count). The molecule has 19 heavy (non-hydrogen) atoms. The molecule has 0 N–H and O–H groups in total. The van der Waals surface area contributed by atoms with Gasteiger partial charge in [0.1, 0.15) is 5.82 Å². The van der Waals surface area contributed by atoms with Crippen molar-refractivity contribution in [2.75, 3.05) is 0 Å². The summed E-state index contributed by atoms with van der Waals surface area (Å²) in [6.45, 7) is 0. The largest absolute Gasteiger partial charge is 0.295 e. The summed E-state index contributed by atoms with van der Waals surface area (Å²) in [6.07, 6.45) is 0. The van der Waals surface area contributed by atoms with E-state index in [0.717, 1.165) is 22.5 Å². The van der Waals surface area contributed by atoms with Gasteiger partial charge in [-0.05, 0) is 30.3 Å². The summed E-state index contributed by atoms with van der Waals surface area (Å²) in [4.78, 5) is 4.51. The van der Waals surface area contributed by atoms with E-state index in [1.807, 2.05) is 41.0 Å². The molecule has 0 saturated heterocycles. The van der Waals surface area contributed by atoms with Gasteiger partial charge < -0.3 is 0 Å². The summed E-state index contributed by atoms with van der Waals surface area (Å²) in [6, 6.07) is 13.2. The highest BCUT2D eigenvalue weighted by Crippen LogP contribution is 2.27. The smallest absolute Gasteiger partial charge is 0.129 e. The number of nitrogens with zero attached hydrogens (tertiary/aromatic N) is 2. The van der Waals surface area contributed by atoms with Crippen LogP contribution in [0, 0.1) is 0 Å². The van der Waals surface area contributed by atoms with Gasteiger partial charge in [-0.1, -0.05) is 35.3 Å². The van der Waals surface area contributed by atoms with E-state index in [1.165, 1.54) is 0 Å². The van der Waals surface area contributed by atoms with Gasteiger partial charge in [-0.25, -0.2) is 4.98 Å². The van der Waals surface area contributed by atoms with Crippen LogP contribution >= 0.6 is 34.8 Å². The number of aromatic nitrogens is 2. The third-order valence-electron chi connectivity index (χ3n) is 2.86. The Bertz CT molecular complexity index is 729. The SMILES string of the molecule is ClCc1nc2ccccc2n1-c1cc(Cl)cc(Cl)c1. The van der Waals surface area contributed by atoms with Crippen LogP contribution in [0.1, 0.15) is 5.82 Å². The number of para-hydroxylation sites is 2. The third-order valence-corrected chi connectivity index (χ3v) is 3.53. The molecule has 0 bridgehead atoms. The van der Waals surface area contributed by atoms with Gasteiger partial charge in [0.05, 0.1) is 22.6 Å². The maximum absolute atomic E-state index is 6.06. The second-order valence-electron chi connectivity index (χ2n) is 4.11. The minimum atomic E-state index is 0.318. The van der Waals surface area contributed by atoms with Crippen molar-refractivity contribution in [3.05, 3.63) is 58.3 Å². The maximum atomic E-state index is 6.06. The van der Waals surface area contributed by atoms with E-state index in [-0.39, 0.29) is 0 Å². The van der Waals surface area contributed by atoms with Crippen LogP contribution in [0.5, 0.6) is 0 Å². The van der Waals surface area contributed by atoms with Crippen LogP contribution in [0.3, 0.4) is 0 Å². The Morgan fingerprint density at radius 2 is 1.68 bits per heavy atom. The van der Waals surface area contributed by atoms with Crippen molar-refractivity contribution < 1.29 is 0 Å². The Morgan fingerprint density at radius 1 is 1.00 bits per heavy atom. The van der Waals surface area contributed by atoms with Crippen molar-refractivity contribution in [3.63, 3.8) is 0 Å². The minimum absolute atomic E-state index is 0.318. The van der Waals surface area contributed by atoms with Gasteiger partial charge >= 0.3 is 0 Å². The third kappa shape index (κ3) is 2.32. The first kappa shape index (κ1) is 12.8. The van der Waals surface area contributed by atoms with Crippen molar-refractivity contribution in [3.8, 4) is 5.69 Å². The average Bonchev–Trinajstić information content (AvgIpc) is 2.75. The van der Waals surface area contributed by atoms with E-state index in [1.54, 1.807) is 6.07 Å². The molecule has 96 valence electrons. The molecule has 2 aromatic carbocycles. The quantitative estimate of drug-likeness (QED) is 0.604. The van der Waals surface area contributed by atoms with E-state index in [0.29, 0.717) is 15.9 Å². The fourth-order valence-electron chi connectivity index (χ4n) is 2.12. The normalized spacial score (nSPS) is 11.1. The highest BCUT2D eigenvalue weighted by Gasteiger charge is 2.12. The molecule has 0 aliphatic rings. The molecule has 5 heteroatoms. The lowest BCUT2D eigenvalue weighted by Gasteiger charge is -2.09. The van der Waals surface area contributed by atoms with E-state index >= 15 is 0 Å². The number of imidazole rings is 1. The molecule has 0 aliphatic heterocycles. The molecule has 3 aromatic rings. The summed E-state index contributed by atoms with van der Waals surface area (Å²) in [5.74, 6) is 1.08. The van der Waals surface area contributed by atoms with Crippen molar-refractivity contribution in [2.24, 2.45) is 0 Å². The molecule has 0 radical (unpaired) electrons. The number of rotatable bonds is 2. The van der Waals surface area contributed by atoms with Crippen LogP contribution in [0.2, 0.25) is 10.0 Å². The second kappa shape index (κ2) is 5.04. The molecular formula is C14H9Cl3N2. The first-order chi connectivity index (χ1) is 9.19. The topological polar surface area (TPSA) is 17.8 Å². The predicted molar refractivity (Wildman–Crippen MR) is 80.6 cm³/mol. The van der Waals surface area contributed by atoms with Crippen LogP contribution in [0.15, 0.2) is 42.5 Å². The summed E-state index contributed by atoms with van der Waals surface area (Å²) < 4.78 is 1.97. The van der Waals surface area contributed by atoms with Crippen LogP contribution in [0.4, 0.5) is 0 Å². The second-order valence-corrected chi connectivity index (χ2v) is 5.25. The first-order valence-corrected chi connectivity index (χ1v) is 6.97. The average molecular weight is 312 g/mol. The Balaban J connectivity index is 2.34. The van der Waals surface area contributed by atoms with Crippen molar-refractivity contribution in [2.45, 2.75) is 5.88 Å². The van der Waals surface area contributed by atoms with Crippen LogP contribution in [-0.4, -0.2) is 9.55 Å². The summed E-state index contributed by atoms with van der Waals surface area (Å²) in [5, 5.41) is 1.17. The number of hydrogen-bond donors (Lipinski definition) is 0. The Morgan fingerprint density at radius 3 is 2.37 bits per heavy atom. The molecule has 0 spiro atoms. The van der Waals surface area contributed by atoms with Crippen LogP contribution in [-0.2, 0) is 5.88 Å². The predicted octanol–water partition coefficient (Wildman–Crippen LogP) is 5.07. The zero-order valence-electron chi connectivity index (χ0n) is 9.78. The zero-order valence-corrected chi connectivity index (χ0v) is 12.0. The van der Waals surface area contributed by atoms with Crippen LogP contribution in [0.25, 0.3) is 16.7 Å². The summed E-state index contributed by atoms with van der Waals surface area (Å²) >= 11 is 18.1.